The molecule has 4 nitrogen and oxygen atoms in total. The van der Waals surface area contributed by atoms with Crippen molar-refractivity contribution in [2.75, 3.05) is 13.4 Å². The van der Waals surface area contributed by atoms with Crippen molar-refractivity contribution in [2.24, 2.45) is 5.92 Å². The van der Waals surface area contributed by atoms with E-state index in [-0.39, 0.29) is 22.7 Å². The van der Waals surface area contributed by atoms with Crippen molar-refractivity contribution in [3.05, 3.63) is 65.1 Å². The highest BCUT2D eigenvalue weighted by molar-refractivity contribution is 7.89. The van der Waals surface area contributed by atoms with Crippen molar-refractivity contribution in [3.8, 4) is 5.75 Å². The maximum absolute atomic E-state index is 14.5. The van der Waals surface area contributed by atoms with Gasteiger partial charge in [-0.1, -0.05) is 31.2 Å². The average molecular weight is 402 g/mol. The van der Waals surface area contributed by atoms with E-state index in [0.29, 0.717) is 5.92 Å². The minimum Gasteiger partial charge on any atom is -0.494 e. The fraction of sp³-hybridized carbons (Fsp3) is 0.364. The lowest BCUT2D eigenvalue weighted by atomic mass is 9.72. The lowest BCUT2D eigenvalue weighted by Gasteiger charge is -2.31. The first kappa shape index (κ1) is 19.0. The molecule has 1 atom stereocenters. The molecule has 1 fully saturated rings. The Kier molecular flexibility index (Phi) is 4.49. The van der Waals surface area contributed by atoms with Crippen LogP contribution in [-0.2, 0) is 21.0 Å². The first-order valence-electron chi connectivity index (χ1n) is 9.35. The number of ether oxygens (including phenoxy) is 1. The SMILES string of the molecule is COc1ccc(C(C)(c2c[nH]c3c(CS(C)(=O)=O)cccc23)C2CC2)cc1F. The summed E-state index contributed by atoms with van der Waals surface area (Å²) in [4.78, 5) is 3.29. The molecule has 1 aromatic heterocycles. The number of H-pyrrole nitrogens is 1. The van der Waals surface area contributed by atoms with Crippen LogP contribution in [0.4, 0.5) is 4.39 Å². The molecule has 3 aromatic rings. The number of methoxy groups -OCH3 is 1. The molecular formula is C22H24FNO3S. The van der Waals surface area contributed by atoms with Gasteiger partial charge < -0.3 is 9.72 Å². The zero-order chi connectivity index (χ0) is 20.1. The summed E-state index contributed by atoms with van der Waals surface area (Å²) in [6, 6.07) is 10.9. The topological polar surface area (TPSA) is 59.2 Å². The Morgan fingerprint density at radius 1 is 1.25 bits per heavy atom. The molecule has 0 bridgehead atoms. The van der Waals surface area contributed by atoms with Gasteiger partial charge in [0.15, 0.2) is 21.4 Å². The van der Waals surface area contributed by atoms with Crippen LogP contribution in [-0.4, -0.2) is 26.8 Å². The molecule has 2 aromatic carbocycles. The van der Waals surface area contributed by atoms with Gasteiger partial charge in [-0.15, -0.1) is 0 Å². The van der Waals surface area contributed by atoms with Crippen LogP contribution >= 0.6 is 0 Å². The van der Waals surface area contributed by atoms with E-state index in [0.717, 1.165) is 40.4 Å². The molecule has 0 amide bonds. The Morgan fingerprint density at radius 3 is 2.61 bits per heavy atom. The van der Waals surface area contributed by atoms with Crippen molar-refractivity contribution < 1.29 is 17.5 Å². The second-order valence-electron chi connectivity index (χ2n) is 7.94. The fourth-order valence-electron chi connectivity index (χ4n) is 4.31. The molecule has 0 spiro atoms. The van der Waals surface area contributed by atoms with Crippen LogP contribution in [0.15, 0.2) is 42.6 Å². The van der Waals surface area contributed by atoms with Gasteiger partial charge in [-0.25, -0.2) is 12.8 Å². The Bertz CT molecular complexity index is 1150. The van der Waals surface area contributed by atoms with Gasteiger partial charge in [0.05, 0.1) is 12.9 Å². The maximum Gasteiger partial charge on any atom is 0.165 e. The Morgan fingerprint density at radius 2 is 2.00 bits per heavy atom. The molecule has 1 N–H and O–H groups in total. The number of nitrogens with one attached hydrogen (secondary N) is 1. The third-order valence-electron chi connectivity index (χ3n) is 5.92. The summed E-state index contributed by atoms with van der Waals surface area (Å²) < 4.78 is 43.2. The molecule has 0 radical (unpaired) electrons. The predicted octanol–water partition coefficient (Wildman–Crippen LogP) is 4.58. The molecular weight excluding hydrogens is 377 g/mol. The van der Waals surface area contributed by atoms with Gasteiger partial charge in [0.2, 0.25) is 0 Å². The van der Waals surface area contributed by atoms with Crippen molar-refractivity contribution in [3.63, 3.8) is 0 Å². The number of rotatable bonds is 6. The zero-order valence-electron chi connectivity index (χ0n) is 16.3. The van der Waals surface area contributed by atoms with Crippen molar-refractivity contribution in [2.45, 2.75) is 30.9 Å². The summed E-state index contributed by atoms with van der Waals surface area (Å²) >= 11 is 0. The smallest absolute Gasteiger partial charge is 0.165 e. The first-order chi connectivity index (χ1) is 13.2. The van der Waals surface area contributed by atoms with Gasteiger partial charge in [-0.2, -0.15) is 0 Å². The van der Waals surface area contributed by atoms with Crippen LogP contribution in [0.1, 0.15) is 36.5 Å². The van der Waals surface area contributed by atoms with Crippen LogP contribution in [0.5, 0.6) is 5.75 Å². The minimum atomic E-state index is -3.15. The van der Waals surface area contributed by atoms with Gasteiger partial charge in [0.25, 0.3) is 0 Å². The highest BCUT2D eigenvalue weighted by atomic mass is 32.2. The Labute approximate surface area is 164 Å². The lowest BCUT2D eigenvalue weighted by Crippen LogP contribution is -2.26. The van der Waals surface area contributed by atoms with E-state index in [2.05, 4.69) is 11.9 Å². The number of halogens is 1. The number of hydrogen-bond acceptors (Lipinski definition) is 3. The second-order valence-corrected chi connectivity index (χ2v) is 10.1. The summed E-state index contributed by atoms with van der Waals surface area (Å²) in [6.45, 7) is 2.15. The van der Waals surface area contributed by atoms with Gasteiger partial charge in [0, 0.05) is 28.8 Å². The van der Waals surface area contributed by atoms with Crippen LogP contribution < -0.4 is 4.74 Å². The summed E-state index contributed by atoms with van der Waals surface area (Å²) in [5, 5.41) is 0.992. The van der Waals surface area contributed by atoms with Crippen molar-refractivity contribution >= 4 is 20.7 Å². The quantitative estimate of drug-likeness (QED) is 0.658. The average Bonchev–Trinajstić information content (AvgIpc) is 3.39. The number of benzene rings is 2. The van der Waals surface area contributed by atoms with E-state index < -0.39 is 9.84 Å². The van der Waals surface area contributed by atoms with Gasteiger partial charge >= 0.3 is 0 Å². The standard InChI is InChI=1S/C22H24FNO3S/c1-22(15-7-8-15,16-9-10-20(27-2)19(23)11-16)18-12-24-21-14(13-28(3,25)26)5-4-6-17(18)21/h4-6,9-12,15,24H,7-8,13H2,1-3H3. The van der Waals surface area contributed by atoms with E-state index in [1.54, 1.807) is 12.1 Å². The number of para-hydroxylation sites is 1. The molecule has 6 heteroatoms. The molecule has 1 aliphatic carbocycles. The van der Waals surface area contributed by atoms with E-state index in [9.17, 15) is 12.8 Å². The molecule has 28 heavy (non-hydrogen) atoms. The van der Waals surface area contributed by atoms with Crippen molar-refractivity contribution in [1.29, 1.82) is 0 Å². The summed E-state index contributed by atoms with van der Waals surface area (Å²) in [5.74, 6) is 0.264. The van der Waals surface area contributed by atoms with Crippen LogP contribution in [0.25, 0.3) is 10.9 Å². The highest BCUT2D eigenvalue weighted by Crippen LogP contribution is 2.53. The molecule has 1 aliphatic rings. The Balaban J connectivity index is 1.88. The normalized spacial score (nSPS) is 16.9. The van der Waals surface area contributed by atoms with Crippen LogP contribution in [0, 0.1) is 11.7 Å². The molecule has 1 heterocycles. The molecule has 4 rings (SSSR count). The summed E-state index contributed by atoms with van der Waals surface area (Å²) in [7, 11) is -1.69. The Hall–Kier alpha value is -2.34. The van der Waals surface area contributed by atoms with Gasteiger partial charge in [-0.3, -0.25) is 0 Å². The van der Waals surface area contributed by atoms with Gasteiger partial charge in [-0.05, 0) is 47.6 Å². The number of aromatic nitrogens is 1. The number of sulfone groups is 1. The number of aromatic amines is 1. The van der Waals surface area contributed by atoms with E-state index in [4.69, 9.17) is 4.74 Å². The maximum atomic E-state index is 14.5. The zero-order valence-corrected chi connectivity index (χ0v) is 17.1. The second kappa shape index (κ2) is 6.62. The van der Waals surface area contributed by atoms with E-state index >= 15 is 0 Å². The monoisotopic (exact) mass is 401 g/mol. The van der Waals surface area contributed by atoms with E-state index in [1.165, 1.54) is 13.4 Å². The van der Waals surface area contributed by atoms with Crippen LogP contribution in [0.3, 0.4) is 0 Å². The minimum absolute atomic E-state index is 0.0123. The number of fused-ring (bicyclic) bond motifs is 1. The molecule has 148 valence electrons. The van der Waals surface area contributed by atoms with Crippen molar-refractivity contribution in [1.82, 2.24) is 4.98 Å². The molecule has 0 aliphatic heterocycles. The molecule has 0 saturated heterocycles. The first-order valence-corrected chi connectivity index (χ1v) is 11.4. The fourth-order valence-corrected chi connectivity index (χ4v) is 5.12. The summed E-state index contributed by atoms with van der Waals surface area (Å²) in [5.41, 5.74) is 3.21. The third kappa shape index (κ3) is 3.20. The third-order valence-corrected chi connectivity index (χ3v) is 6.76. The molecule has 1 unspecified atom stereocenters. The highest BCUT2D eigenvalue weighted by Gasteiger charge is 2.45. The number of hydrogen-bond donors (Lipinski definition) is 1. The molecule has 1 saturated carbocycles. The largest absolute Gasteiger partial charge is 0.494 e. The predicted molar refractivity (Wildman–Crippen MR) is 109 cm³/mol. The van der Waals surface area contributed by atoms with Gasteiger partial charge in [0.1, 0.15) is 0 Å². The van der Waals surface area contributed by atoms with E-state index in [1.807, 2.05) is 30.5 Å². The van der Waals surface area contributed by atoms with Crippen LogP contribution in [0.2, 0.25) is 0 Å². The lowest BCUT2D eigenvalue weighted by molar-refractivity contribution is 0.384. The summed E-state index contributed by atoms with van der Waals surface area (Å²) in [6.07, 6.45) is 5.36.